The SMILES string of the molecule is N#CCCCN1CCN(C(=S)S)CC1.[NaH]. The van der Waals surface area contributed by atoms with Crippen LogP contribution in [0, 0.1) is 11.3 Å². The molecule has 0 aromatic rings. The fourth-order valence-electron chi connectivity index (χ4n) is 1.54. The third-order valence-electron chi connectivity index (χ3n) is 2.41. The van der Waals surface area contributed by atoms with Crippen LogP contribution in [0.5, 0.6) is 0 Å². The van der Waals surface area contributed by atoms with Crippen LogP contribution in [0.3, 0.4) is 0 Å². The van der Waals surface area contributed by atoms with Crippen molar-refractivity contribution in [3.8, 4) is 6.07 Å². The molecule has 0 aromatic heterocycles. The number of thiocarbonyl (C=S) groups is 1. The first-order chi connectivity index (χ1) is 6.74. The summed E-state index contributed by atoms with van der Waals surface area (Å²) in [5, 5.41) is 8.41. The number of hydrogen-bond donors (Lipinski definition) is 1. The third-order valence-corrected chi connectivity index (χ3v) is 2.95. The van der Waals surface area contributed by atoms with Crippen molar-refractivity contribution in [2.24, 2.45) is 0 Å². The Kier molecular flexibility index (Phi) is 9.20. The summed E-state index contributed by atoms with van der Waals surface area (Å²) < 4.78 is 0.696. The molecule has 0 amide bonds. The number of thiol groups is 1. The van der Waals surface area contributed by atoms with Crippen LogP contribution < -0.4 is 0 Å². The Morgan fingerprint density at radius 2 is 1.93 bits per heavy atom. The van der Waals surface area contributed by atoms with Crippen LogP contribution in [0.1, 0.15) is 12.8 Å². The van der Waals surface area contributed by atoms with Gasteiger partial charge in [-0.05, 0) is 13.0 Å². The monoisotopic (exact) mass is 253 g/mol. The van der Waals surface area contributed by atoms with E-state index in [0.717, 1.165) is 39.1 Å². The van der Waals surface area contributed by atoms with Gasteiger partial charge in [-0.15, -0.1) is 12.6 Å². The normalized spacial score (nSPS) is 16.7. The van der Waals surface area contributed by atoms with Crippen LogP contribution in [-0.2, 0) is 0 Å². The average Bonchev–Trinajstić information content (AvgIpc) is 2.19. The second-order valence-electron chi connectivity index (χ2n) is 3.37. The first kappa shape index (κ1) is 15.7. The van der Waals surface area contributed by atoms with E-state index in [0.29, 0.717) is 10.7 Å². The molecule has 0 bridgehead atoms. The van der Waals surface area contributed by atoms with Gasteiger partial charge in [-0.3, -0.25) is 4.90 Å². The van der Waals surface area contributed by atoms with Gasteiger partial charge in [-0.1, -0.05) is 12.2 Å². The molecule has 1 rings (SSSR count). The van der Waals surface area contributed by atoms with Crippen molar-refractivity contribution in [1.29, 1.82) is 5.26 Å². The van der Waals surface area contributed by atoms with Crippen LogP contribution in [0.2, 0.25) is 0 Å². The topological polar surface area (TPSA) is 30.3 Å². The van der Waals surface area contributed by atoms with Gasteiger partial charge in [-0.2, -0.15) is 5.26 Å². The zero-order chi connectivity index (χ0) is 10.4. The molecule has 6 heteroatoms. The predicted molar refractivity (Wildman–Crippen MR) is 71.6 cm³/mol. The van der Waals surface area contributed by atoms with Crippen molar-refractivity contribution in [1.82, 2.24) is 9.80 Å². The van der Waals surface area contributed by atoms with E-state index >= 15 is 0 Å². The quantitative estimate of drug-likeness (QED) is 0.343. The molecule has 0 N–H and O–H groups in total. The molecular weight excluding hydrogens is 237 g/mol. The second-order valence-corrected chi connectivity index (χ2v) is 4.49. The van der Waals surface area contributed by atoms with Gasteiger partial charge in [0.1, 0.15) is 4.32 Å². The predicted octanol–water partition coefficient (Wildman–Crippen LogP) is 0.474. The van der Waals surface area contributed by atoms with E-state index in [1.54, 1.807) is 0 Å². The van der Waals surface area contributed by atoms with Gasteiger partial charge in [0.2, 0.25) is 0 Å². The van der Waals surface area contributed by atoms with Crippen LogP contribution in [0.4, 0.5) is 0 Å². The van der Waals surface area contributed by atoms with E-state index in [2.05, 4.69) is 28.5 Å². The van der Waals surface area contributed by atoms with Crippen LogP contribution in [0.25, 0.3) is 0 Å². The first-order valence-corrected chi connectivity index (χ1v) is 5.67. The molecule has 0 spiro atoms. The van der Waals surface area contributed by atoms with Gasteiger partial charge in [0.25, 0.3) is 0 Å². The number of piperazine rings is 1. The van der Waals surface area contributed by atoms with E-state index in [4.69, 9.17) is 17.5 Å². The van der Waals surface area contributed by atoms with E-state index in [1.807, 2.05) is 0 Å². The van der Waals surface area contributed by atoms with E-state index < -0.39 is 0 Å². The minimum atomic E-state index is 0. The number of hydrogen-bond acceptors (Lipinski definition) is 3. The number of nitrogens with zero attached hydrogens (tertiary/aromatic N) is 3. The summed E-state index contributed by atoms with van der Waals surface area (Å²) in [6, 6.07) is 2.16. The molecule has 3 nitrogen and oxygen atoms in total. The van der Waals surface area contributed by atoms with Crippen molar-refractivity contribution < 1.29 is 0 Å². The summed E-state index contributed by atoms with van der Waals surface area (Å²) >= 11 is 9.14. The van der Waals surface area contributed by atoms with Gasteiger partial charge in [-0.25, -0.2) is 0 Å². The van der Waals surface area contributed by atoms with E-state index in [-0.39, 0.29) is 29.6 Å². The molecular formula is C9H16N3NaS2. The van der Waals surface area contributed by atoms with Crippen molar-refractivity contribution >= 4 is 58.7 Å². The first-order valence-electron chi connectivity index (χ1n) is 4.81. The zero-order valence-electron chi connectivity index (χ0n) is 8.15. The summed E-state index contributed by atoms with van der Waals surface area (Å²) in [4.78, 5) is 4.49. The average molecular weight is 253 g/mol. The maximum atomic E-state index is 8.41. The second kappa shape index (κ2) is 8.80. The molecule has 0 aromatic carbocycles. The fourth-order valence-corrected chi connectivity index (χ4v) is 1.93. The Labute approximate surface area is 124 Å². The summed E-state index contributed by atoms with van der Waals surface area (Å²) in [6.45, 7) is 5.03. The van der Waals surface area contributed by atoms with E-state index in [9.17, 15) is 0 Å². The minimum absolute atomic E-state index is 0. The van der Waals surface area contributed by atoms with Gasteiger partial charge < -0.3 is 4.90 Å². The molecule has 1 saturated heterocycles. The van der Waals surface area contributed by atoms with Crippen LogP contribution >= 0.6 is 24.8 Å². The third kappa shape index (κ3) is 6.10. The molecule has 1 fully saturated rings. The van der Waals surface area contributed by atoms with Gasteiger partial charge in [0.05, 0.1) is 6.07 Å². The van der Waals surface area contributed by atoms with E-state index in [1.165, 1.54) is 0 Å². The molecule has 1 heterocycles. The maximum absolute atomic E-state index is 8.41. The van der Waals surface area contributed by atoms with Crippen molar-refractivity contribution in [2.75, 3.05) is 32.7 Å². The zero-order valence-corrected chi connectivity index (χ0v) is 9.86. The van der Waals surface area contributed by atoms with Crippen LogP contribution in [-0.4, -0.2) is 76.4 Å². The van der Waals surface area contributed by atoms with Gasteiger partial charge in [0.15, 0.2) is 0 Å². The molecule has 80 valence electrons. The Morgan fingerprint density at radius 3 is 2.40 bits per heavy atom. The summed E-state index contributed by atoms with van der Waals surface area (Å²) in [5.41, 5.74) is 0. The standard InChI is InChI=1S/C9H15N3S2.Na.H/c10-3-1-2-4-11-5-7-12(8-6-11)9(13)14;;/h1-2,4-8H2,(H,13,14);;. The Balaban J connectivity index is 0.00000196. The molecule has 0 unspecified atom stereocenters. The summed E-state index contributed by atoms with van der Waals surface area (Å²) in [6.07, 6.45) is 1.63. The number of rotatable bonds is 3. The summed E-state index contributed by atoms with van der Waals surface area (Å²) in [7, 11) is 0. The van der Waals surface area contributed by atoms with Crippen LogP contribution in [0.15, 0.2) is 0 Å². The van der Waals surface area contributed by atoms with Gasteiger partial charge in [0, 0.05) is 32.6 Å². The Hall–Kier alpha value is 0.690. The number of unbranched alkanes of at least 4 members (excludes halogenated alkanes) is 1. The number of nitriles is 1. The summed E-state index contributed by atoms with van der Waals surface area (Å²) in [5.74, 6) is 0. The molecule has 1 aliphatic rings. The molecule has 0 saturated carbocycles. The fraction of sp³-hybridized carbons (Fsp3) is 0.778. The van der Waals surface area contributed by atoms with Crippen molar-refractivity contribution in [3.63, 3.8) is 0 Å². The molecule has 0 atom stereocenters. The molecule has 0 aliphatic carbocycles. The van der Waals surface area contributed by atoms with Crippen molar-refractivity contribution in [2.45, 2.75) is 12.8 Å². The molecule has 1 aliphatic heterocycles. The Bertz CT molecular complexity index is 234. The molecule has 15 heavy (non-hydrogen) atoms. The Morgan fingerprint density at radius 1 is 1.33 bits per heavy atom. The molecule has 0 radical (unpaired) electrons. The van der Waals surface area contributed by atoms with Crippen molar-refractivity contribution in [3.05, 3.63) is 0 Å². The van der Waals surface area contributed by atoms with Gasteiger partial charge >= 0.3 is 29.6 Å².